The Hall–Kier alpha value is -0.540. The van der Waals surface area contributed by atoms with Crippen LogP contribution in [-0.2, 0) is 4.79 Å². The van der Waals surface area contributed by atoms with Crippen molar-refractivity contribution in [2.45, 2.75) is 17.2 Å². The van der Waals surface area contributed by atoms with E-state index in [1.807, 2.05) is 6.26 Å². The standard InChI is InChI=1S/C10H10ClFOS/c1-6(13)10(11)9-7(12)4-3-5-8(9)14-2/h3-5,10H,1-2H3. The van der Waals surface area contributed by atoms with E-state index in [0.29, 0.717) is 4.90 Å². The first kappa shape index (κ1) is 11.5. The lowest BCUT2D eigenvalue weighted by Crippen LogP contribution is -2.05. The number of hydrogen-bond donors (Lipinski definition) is 0. The molecule has 14 heavy (non-hydrogen) atoms. The van der Waals surface area contributed by atoms with Crippen LogP contribution in [0.4, 0.5) is 4.39 Å². The van der Waals surface area contributed by atoms with Crippen molar-refractivity contribution < 1.29 is 9.18 Å². The summed E-state index contributed by atoms with van der Waals surface area (Å²) >= 11 is 7.21. The number of hydrogen-bond acceptors (Lipinski definition) is 2. The van der Waals surface area contributed by atoms with Gasteiger partial charge in [0, 0.05) is 10.5 Å². The molecule has 1 unspecified atom stereocenters. The van der Waals surface area contributed by atoms with Gasteiger partial charge in [-0.1, -0.05) is 6.07 Å². The van der Waals surface area contributed by atoms with Gasteiger partial charge in [-0.3, -0.25) is 4.79 Å². The second-order valence-electron chi connectivity index (χ2n) is 2.83. The van der Waals surface area contributed by atoms with E-state index in [2.05, 4.69) is 0 Å². The molecule has 4 heteroatoms. The van der Waals surface area contributed by atoms with Crippen LogP contribution in [0.5, 0.6) is 0 Å². The summed E-state index contributed by atoms with van der Waals surface area (Å²) in [6, 6.07) is 4.67. The van der Waals surface area contributed by atoms with Crippen LogP contribution in [0.3, 0.4) is 0 Å². The molecule has 1 rings (SSSR count). The highest BCUT2D eigenvalue weighted by atomic mass is 35.5. The molecule has 0 aliphatic carbocycles. The molecule has 0 N–H and O–H groups in total. The van der Waals surface area contributed by atoms with E-state index in [1.165, 1.54) is 24.8 Å². The Kier molecular flexibility index (Phi) is 3.96. The van der Waals surface area contributed by atoms with E-state index in [9.17, 15) is 9.18 Å². The fourth-order valence-electron chi connectivity index (χ4n) is 1.14. The minimum absolute atomic E-state index is 0.243. The quantitative estimate of drug-likeness (QED) is 0.587. The molecule has 76 valence electrons. The van der Waals surface area contributed by atoms with Crippen molar-refractivity contribution in [1.29, 1.82) is 0 Å². The molecule has 0 spiro atoms. The van der Waals surface area contributed by atoms with Crippen LogP contribution < -0.4 is 0 Å². The molecular formula is C10H10ClFOS. The fourth-order valence-corrected chi connectivity index (χ4v) is 2.08. The van der Waals surface area contributed by atoms with Gasteiger partial charge in [-0.2, -0.15) is 0 Å². The molecule has 0 saturated heterocycles. The predicted molar refractivity (Wildman–Crippen MR) is 57.5 cm³/mol. The summed E-state index contributed by atoms with van der Waals surface area (Å²) in [7, 11) is 0. The summed E-state index contributed by atoms with van der Waals surface area (Å²) in [5.74, 6) is -0.667. The maximum atomic E-state index is 13.4. The van der Waals surface area contributed by atoms with Crippen molar-refractivity contribution >= 4 is 29.1 Å². The van der Waals surface area contributed by atoms with Crippen molar-refractivity contribution in [2.75, 3.05) is 6.26 Å². The second kappa shape index (κ2) is 4.80. The molecular weight excluding hydrogens is 223 g/mol. The molecule has 1 aromatic carbocycles. The van der Waals surface area contributed by atoms with Gasteiger partial charge in [0.15, 0.2) is 5.78 Å². The summed E-state index contributed by atoms with van der Waals surface area (Å²) in [5.41, 5.74) is 0.286. The Morgan fingerprint density at radius 2 is 2.21 bits per heavy atom. The molecule has 1 aromatic rings. The van der Waals surface area contributed by atoms with Crippen LogP contribution in [0.25, 0.3) is 0 Å². The largest absolute Gasteiger partial charge is 0.298 e. The number of alkyl halides is 1. The molecule has 0 saturated carbocycles. The molecule has 0 radical (unpaired) electrons. The molecule has 0 aromatic heterocycles. The first-order chi connectivity index (χ1) is 6.57. The summed E-state index contributed by atoms with van der Waals surface area (Å²) in [4.78, 5) is 11.8. The molecule has 1 nitrogen and oxygen atoms in total. The highest BCUT2D eigenvalue weighted by Gasteiger charge is 2.20. The molecule has 1 atom stereocenters. The maximum absolute atomic E-state index is 13.4. The first-order valence-electron chi connectivity index (χ1n) is 4.05. The maximum Gasteiger partial charge on any atom is 0.152 e. The molecule has 0 aliphatic heterocycles. The molecule has 0 amide bonds. The summed E-state index contributed by atoms with van der Waals surface area (Å²) in [6.07, 6.45) is 1.82. The SMILES string of the molecule is CSc1cccc(F)c1C(Cl)C(C)=O. The zero-order chi connectivity index (χ0) is 10.7. The van der Waals surface area contributed by atoms with E-state index in [1.54, 1.807) is 12.1 Å². The molecule has 0 heterocycles. The van der Waals surface area contributed by atoms with Gasteiger partial charge in [-0.15, -0.1) is 23.4 Å². The van der Waals surface area contributed by atoms with Crippen molar-refractivity contribution in [3.8, 4) is 0 Å². The van der Waals surface area contributed by atoms with Crippen LogP contribution in [0.2, 0.25) is 0 Å². The summed E-state index contributed by atoms with van der Waals surface area (Å²) in [5, 5.41) is -0.890. The second-order valence-corrected chi connectivity index (χ2v) is 4.11. The van der Waals surface area contributed by atoms with E-state index in [0.717, 1.165) is 0 Å². The Morgan fingerprint density at radius 1 is 1.57 bits per heavy atom. The smallest absolute Gasteiger partial charge is 0.152 e. The molecule has 0 bridgehead atoms. The van der Waals surface area contributed by atoms with Gasteiger partial charge in [0.1, 0.15) is 11.2 Å². The van der Waals surface area contributed by atoms with Crippen LogP contribution in [0.1, 0.15) is 17.9 Å². The number of Topliss-reactive ketones (excluding diaryl/α,β-unsaturated/α-hetero) is 1. The van der Waals surface area contributed by atoms with Crippen LogP contribution in [0, 0.1) is 5.82 Å². The van der Waals surface area contributed by atoms with Crippen molar-refractivity contribution in [1.82, 2.24) is 0 Å². The van der Waals surface area contributed by atoms with Gasteiger partial charge >= 0.3 is 0 Å². The van der Waals surface area contributed by atoms with Crippen molar-refractivity contribution in [3.63, 3.8) is 0 Å². The normalized spacial score (nSPS) is 12.6. The van der Waals surface area contributed by atoms with Crippen LogP contribution in [0.15, 0.2) is 23.1 Å². The van der Waals surface area contributed by atoms with E-state index < -0.39 is 11.2 Å². The van der Waals surface area contributed by atoms with Crippen molar-refractivity contribution in [2.24, 2.45) is 0 Å². The number of rotatable bonds is 3. The Labute approximate surface area is 91.6 Å². The van der Waals surface area contributed by atoms with Gasteiger partial charge in [0.2, 0.25) is 0 Å². The Morgan fingerprint density at radius 3 is 2.71 bits per heavy atom. The number of halogens is 2. The van der Waals surface area contributed by atoms with Crippen LogP contribution in [-0.4, -0.2) is 12.0 Å². The van der Waals surface area contributed by atoms with E-state index in [4.69, 9.17) is 11.6 Å². The van der Waals surface area contributed by atoms with Gasteiger partial charge in [0.05, 0.1) is 0 Å². The monoisotopic (exact) mass is 232 g/mol. The van der Waals surface area contributed by atoms with E-state index in [-0.39, 0.29) is 11.3 Å². The third-order valence-corrected chi connectivity index (χ3v) is 3.16. The highest BCUT2D eigenvalue weighted by molar-refractivity contribution is 7.98. The summed E-state index contributed by atoms with van der Waals surface area (Å²) in [6.45, 7) is 1.36. The Balaban J connectivity index is 3.23. The van der Waals surface area contributed by atoms with Crippen LogP contribution >= 0.6 is 23.4 Å². The third kappa shape index (κ3) is 2.28. The number of carbonyl (C=O) groups excluding carboxylic acids is 1. The lowest BCUT2D eigenvalue weighted by molar-refractivity contribution is -0.116. The zero-order valence-corrected chi connectivity index (χ0v) is 9.45. The Bertz CT molecular complexity index is 354. The molecule has 0 aliphatic rings. The first-order valence-corrected chi connectivity index (χ1v) is 5.71. The minimum Gasteiger partial charge on any atom is -0.298 e. The average molecular weight is 233 g/mol. The number of benzene rings is 1. The lowest BCUT2D eigenvalue weighted by Gasteiger charge is -2.11. The number of carbonyl (C=O) groups is 1. The topological polar surface area (TPSA) is 17.1 Å². The average Bonchev–Trinajstić information content (AvgIpc) is 2.16. The lowest BCUT2D eigenvalue weighted by atomic mass is 10.1. The molecule has 0 fully saturated rings. The number of ketones is 1. The summed E-state index contributed by atoms with van der Waals surface area (Å²) < 4.78 is 13.4. The van der Waals surface area contributed by atoms with Gasteiger partial charge in [-0.05, 0) is 25.3 Å². The van der Waals surface area contributed by atoms with Gasteiger partial charge < -0.3 is 0 Å². The predicted octanol–water partition coefficient (Wildman–Crippen LogP) is 3.42. The zero-order valence-electron chi connectivity index (χ0n) is 7.88. The number of thioether (sulfide) groups is 1. The van der Waals surface area contributed by atoms with E-state index >= 15 is 0 Å². The third-order valence-electron chi connectivity index (χ3n) is 1.84. The fraction of sp³-hybridized carbons (Fsp3) is 0.300. The van der Waals surface area contributed by atoms with Gasteiger partial charge in [-0.25, -0.2) is 4.39 Å². The van der Waals surface area contributed by atoms with Gasteiger partial charge in [0.25, 0.3) is 0 Å². The van der Waals surface area contributed by atoms with Crippen molar-refractivity contribution in [3.05, 3.63) is 29.6 Å². The highest BCUT2D eigenvalue weighted by Crippen LogP contribution is 2.32. The minimum atomic E-state index is -0.890.